The van der Waals surface area contributed by atoms with Gasteiger partial charge in [-0.2, -0.15) is 0 Å². The number of amides is 1. The van der Waals surface area contributed by atoms with Crippen LogP contribution >= 0.6 is 11.6 Å². The molecular weight excluding hydrogens is 296 g/mol. The zero-order chi connectivity index (χ0) is 16.0. The standard InChI is InChI=1S/C14H19ClN2O4/c1-3-5-11(13(19)16-10(4-2)14(20)21)17-8-9(15)6-7-12(17)18/h6-8,10-11H,3-5H2,1-2H3,(H,16,19)(H,20,21). The van der Waals surface area contributed by atoms with Crippen LogP contribution in [0.1, 0.15) is 39.2 Å². The molecule has 116 valence electrons. The van der Waals surface area contributed by atoms with Crippen LogP contribution in [-0.4, -0.2) is 27.6 Å². The average molecular weight is 315 g/mol. The number of pyridine rings is 1. The van der Waals surface area contributed by atoms with Gasteiger partial charge in [-0.1, -0.05) is 31.9 Å². The lowest BCUT2D eigenvalue weighted by Gasteiger charge is -2.21. The zero-order valence-electron chi connectivity index (χ0n) is 12.0. The van der Waals surface area contributed by atoms with Crippen molar-refractivity contribution in [1.82, 2.24) is 9.88 Å². The molecule has 0 aliphatic heterocycles. The monoisotopic (exact) mass is 314 g/mol. The lowest BCUT2D eigenvalue weighted by molar-refractivity contribution is -0.142. The van der Waals surface area contributed by atoms with E-state index >= 15 is 0 Å². The maximum atomic E-state index is 12.3. The Bertz CT molecular complexity index is 570. The van der Waals surface area contributed by atoms with Crippen LogP contribution < -0.4 is 10.9 Å². The second-order valence-electron chi connectivity index (χ2n) is 4.70. The van der Waals surface area contributed by atoms with E-state index in [0.717, 1.165) is 0 Å². The molecule has 1 heterocycles. The van der Waals surface area contributed by atoms with Crippen molar-refractivity contribution in [2.24, 2.45) is 0 Å². The molecule has 1 rings (SSSR count). The molecule has 2 unspecified atom stereocenters. The van der Waals surface area contributed by atoms with Crippen LogP contribution in [0.3, 0.4) is 0 Å². The number of carboxylic acid groups (broad SMARTS) is 1. The van der Waals surface area contributed by atoms with Crippen molar-refractivity contribution in [2.75, 3.05) is 0 Å². The smallest absolute Gasteiger partial charge is 0.326 e. The number of nitrogens with zero attached hydrogens (tertiary/aromatic N) is 1. The second-order valence-corrected chi connectivity index (χ2v) is 5.14. The summed E-state index contributed by atoms with van der Waals surface area (Å²) in [7, 11) is 0. The fourth-order valence-electron chi connectivity index (χ4n) is 2.00. The molecule has 0 aliphatic rings. The van der Waals surface area contributed by atoms with Gasteiger partial charge in [-0.15, -0.1) is 0 Å². The van der Waals surface area contributed by atoms with Gasteiger partial charge in [0, 0.05) is 12.3 Å². The first-order valence-corrected chi connectivity index (χ1v) is 7.19. The van der Waals surface area contributed by atoms with Crippen molar-refractivity contribution in [3.63, 3.8) is 0 Å². The molecule has 1 amide bonds. The quantitative estimate of drug-likeness (QED) is 0.803. The molecule has 21 heavy (non-hydrogen) atoms. The summed E-state index contributed by atoms with van der Waals surface area (Å²) in [4.78, 5) is 35.2. The minimum absolute atomic E-state index is 0.268. The number of halogens is 1. The van der Waals surface area contributed by atoms with Gasteiger partial charge in [0.05, 0.1) is 5.02 Å². The first kappa shape index (κ1) is 17.2. The normalized spacial score (nSPS) is 13.5. The van der Waals surface area contributed by atoms with Crippen LogP contribution in [0.2, 0.25) is 5.02 Å². The molecule has 0 fully saturated rings. The van der Waals surface area contributed by atoms with Crippen molar-refractivity contribution in [1.29, 1.82) is 0 Å². The molecule has 0 aliphatic carbocycles. The van der Waals surface area contributed by atoms with Gasteiger partial charge in [-0.3, -0.25) is 9.59 Å². The maximum Gasteiger partial charge on any atom is 0.326 e. The molecule has 0 saturated carbocycles. The van der Waals surface area contributed by atoms with Gasteiger partial charge in [-0.05, 0) is 18.9 Å². The van der Waals surface area contributed by atoms with E-state index in [0.29, 0.717) is 17.9 Å². The number of hydrogen-bond donors (Lipinski definition) is 2. The molecule has 7 heteroatoms. The Morgan fingerprint density at radius 3 is 2.57 bits per heavy atom. The number of carbonyl (C=O) groups excluding carboxylic acids is 1. The predicted molar refractivity (Wildman–Crippen MR) is 79.5 cm³/mol. The third kappa shape index (κ3) is 4.60. The minimum atomic E-state index is -1.10. The Morgan fingerprint density at radius 2 is 2.05 bits per heavy atom. The molecular formula is C14H19ClN2O4. The number of carboxylic acids is 1. The highest BCUT2D eigenvalue weighted by Gasteiger charge is 2.25. The van der Waals surface area contributed by atoms with E-state index in [-0.39, 0.29) is 12.0 Å². The number of carbonyl (C=O) groups is 2. The zero-order valence-corrected chi connectivity index (χ0v) is 12.8. The van der Waals surface area contributed by atoms with Crippen LogP contribution in [-0.2, 0) is 9.59 Å². The molecule has 2 N–H and O–H groups in total. The Morgan fingerprint density at radius 1 is 1.38 bits per heavy atom. The molecule has 6 nitrogen and oxygen atoms in total. The van der Waals surface area contributed by atoms with Crippen molar-refractivity contribution in [3.05, 3.63) is 33.7 Å². The average Bonchev–Trinajstić information content (AvgIpc) is 2.44. The third-order valence-electron chi connectivity index (χ3n) is 3.13. The van der Waals surface area contributed by atoms with E-state index in [1.54, 1.807) is 6.92 Å². The maximum absolute atomic E-state index is 12.3. The third-order valence-corrected chi connectivity index (χ3v) is 3.35. The van der Waals surface area contributed by atoms with E-state index in [9.17, 15) is 14.4 Å². The fourth-order valence-corrected chi connectivity index (χ4v) is 2.16. The van der Waals surface area contributed by atoms with Crippen molar-refractivity contribution in [2.45, 2.75) is 45.2 Å². The highest BCUT2D eigenvalue weighted by Crippen LogP contribution is 2.15. The highest BCUT2D eigenvalue weighted by molar-refractivity contribution is 6.30. The summed E-state index contributed by atoms with van der Waals surface area (Å²) in [5.41, 5.74) is -0.351. The summed E-state index contributed by atoms with van der Waals surface area (Å²) in [6.45, 7) is 3.55. The molecule has 0 saturated heterocycles. The van der Waals surface area contributed by atoms with Gasteiger partial charge in [0.1, 0.15) is 12.1 Å². The van der Waals surface area contributed by atoms with E-state index in [4.69, 9.17) is 16.7 Å². The van der Waals surface area contributed by atoms with E-state index in [1.165, 1.54) is 22.9 Å². The molecule has 2 atom stereocenters. The fraction of sp³-hybridized carbons (Fsp3) is 0.500. The van der Waals surface area contributed by atoms with Crippen molar-refractivity contribution in [3.8, 4) is 0 Å². The van der Waals surface area contributed by atoms with Crippen LogP contribution in [0.25, 0.3) is 0 Å². The number of hydrogen-bond acceptors (Lipinski definition) is 3. The second kappa shape index (κ2) is 7.83. The Hall–Kier alpha value is -1.82. The Kier molecular flexibility index (Phi) is 6.42. The SMILES string of the molecule is CCCC(C(=O)NC(CC)C(=O)O)n1cc(Cl)ccc1=O. The van der Waals surface area contributed by atoms with Crippen LogP contribution in [0.4, 0.5) is 0 Å². The number of aliphatic carboxylic acids is 1. The van der Waals surface area contributed by atoms with Gasteiger partial charge in [0.25, 0.3) is 5.56 Å². The molecule has 0 spiro atoms. The number of rotatable bonds is 7. The molecule has 0 aromatic carbocycles. The van der Waals surface area contributed by atoms with Crippen LogP contribution in [0.5, 0.6) is 0 Å². The topological polar surface area (TPSA) is 88.4 Å². The largest absolute Gasteiger partial charge is 0.480 e. The van der Waals surface area contributed by atoms with Gasteiger partial charge in [0.15, 0.2) is 0 Å². The van der Waals surface area contributed by atoms with Gasteiger partial charge in [0.2, 0.25) is 5.91 Å². The Labute approximate surface area is 127 Å². The van der Waals surface area contributed by atoms with Gasteiger partial charge in [-0.25, -0.2) is 4.79 Å². The highest BCUT2D eigenvalue weighted by atomic mass is 35.5. The summed E-state index contributed by atoms with van der Waals surface area (Å²) in [6, 6.07) is 1.00. The molecule has 1 aromatic rings. The van der Waals surface area contributed by atoms with Gasteiger partial charge >= 0.3 is 5.97 Å². The predicted octanol–water partition coefficient (Wildman–Crippen LogP) is 1.82. The summed E-state index contributed by atoms with van der Waals surface area (Å²) in [5, 5.41) is 11.8. The van der Waals surface area contributed by atoms with Crippen molar-refractivity contribution >= 4 is 23.5 Å². The van der Waals surface area contributed by atoms with E-state index in [2.05, 4.69) is 5.32 Å². The molecule has 1 aromatic heterocycles. The van der Waals surface area contributed by atoms with Crippen LogP contribution in [0, 0.1) is 0 Å². The lowest BCUT2D eigenvalue weighted by atomic mass is 10.1. The van der Waals surface area contributed by atoms with Crippen LogP contribution in [0.15, 0.2) is 23.1 Å². The molecule has 0 radical (unpaired) electrons. The summed E-state index contributed by atoms with van der Waals surface area (Å²) < 4.78 is 1.25. The first-order valence-electron chi connectivity index (χ1n) is 6.81. The first-order chi connectivity index (χ1) is 9.90. The van der Waals surface area contributed by atoms with E-state index in [1.807, 2.05) is 6.92 Å². The summed E-state index contributed by atoms with van der Waals surface area (Å²) in [6.07, 6.45) is 2.75. The number of aromatic nitrogens is 1. The minimum Gasteiger partial charge on any atom is -0.480 e. The Balaban J connectivity index is 3.06. The van der Waals surface area contributed by atoms with Gasteiger partial charge < -0.3 is 15.0 Å². The molecule has 0 bridgehead atoms. The van der Waals surface area contributed by atoms with Crippen molar-refractivity contribution < 1.29 is 14.7 Å². The van der Waals surface area contributed by atoms with E-state index < -0.39 is 24.0 Å². The summed E-state index contributed by atoms with van der Waals surface area (Å²) >= 11 is 5.86. The summed E-state index contributed by atoms with van der Waals surface area (Å²) in [5.74, 6) is -1.59. The lowest BCUT2D eigenvalue weighted by Crippen LogP contribution is -2.45. The number of nitrogens with one attached hydrogen (secondary N) is 1.